The normalized spacial score (nSPS) is 20.7. The molecule has 4 rings (SSSR count). The molecule has 1 aromatic heterocycles. The van der Waals surface area contributed by atoms with Crippen LogP contribution in [0, 0.1) is 0 Å². The van der Waals surface area contributed by atoms with Gasteiger partial charge in [0.05, 0.1) is 25.0 Å². The quantitative estimate of drug-likeness (QED) is 0.800. The lowest BCUT2D eigenvalue weighted by atomic mass is 10.1. The number of anilines is 1. The second-order valence-corrected chi connectivity index (χ2v) is 9.06. The van der Waals surface area contributed by atoms with E-state index in [4.69, 9.17) is 9.47 Å². The van der Waals surface area contributed by atoms with Crippen molar-refractivity contribution in [2.24, 2.45) is 0 Å². The molecule has 1 unspecified atom stereocenters. The number of benzene rings is 1. The minimum atomic E-state index is -3.20. The molecule has 1 N–H and O–H groups in total. The predicted octanol–water partition coefficient (Wildman–Crippen LogP) is 1.70. The number of nitrogens with one attached hydrogen (secondary N) is 1. The van der Waals surface area contributed by atoms with E-state index in [9.17, 15) is 8.42 Å². The number of aromatic nitrogens is 2. The molecule has 0 spiro atoms. The van der Waals surface area contributed by atoms with Crippen molar-refractivity contribution < 1.29 is 17.9 Å². The number of ether oxygens (including phenoxy) is 2. The minimum Gasteiger partial charge on any atom is -0.493 e. The van der Waals surface area contributed by atoms with Gasteiger partial charge in [0.25, 0.3) is 0 Å². The van der Waals surface area contributed by atoms with Gasteiger partial charge < -0.3 is 14.4 Å². The first-order valence-corrected chi connectivity index (χ1v) is 10.7. The van der Waals surface area contributed by atoms with E-state index in [1.54, 1.807) is 14.2 Å². The van der Waals surface area contributed by atoms with Crippen LogP contribution in [0.2, 0.25) is 0 Å². The number of fused-ring (bicyclic) bond motifs is 1. The summed E-state index contributed by atoms with van der Waals surface area (Å²) in [6, 6.07) is 3.60. The predicted molar refractivity (Wildman–Crippen MR) is 103 cm³/mol. The van der Waals surface area contributed by atoms with Gasteiger partial charge in [-0.25, -0.2) is 23.1 Å². The molecule has 8 nitrogen and oxygen atoms in total. The van der Waals surface area contributed by atoms with Gasteiger partial charge in [-0.05, 0) is 31.7 Å². The monoisotopic (exact) mass is 392 g/mol. The van der Waals surface area contributed by atoms with Gasteiger partial charge in [-0.15, -0.1) is 0 Å². The van der Waals surface area contributed by atoms with Crippen LogP contribution in [0.3, 0.4) is 0 Å². The van der Waals surface area contributed by atoms with Gasteiger partial charge in [0, 0.05) is 30.6 Å². The first-order valence-electron chi connectivity index (χ1n) is 9.14. The highest BCUT2D eigenvalue weighted by atomic mass is 32.2. The van der Waals surface area contributed by atoms with Crippen LogP contribution >= 0.6 is 0 Å². The van der Waals surface area contributed by atoms with Crippen molar-refractivity contribution in [3.63, 3.8) is 0 Å². The maximum Gasteiger partial charge on any atom is 0.214 e. The summed E-state index contributed by atoms with van der Waals surface area (Å²) < 4.78 is 38.2. The Kier molecular flexibility index (Phi) is 4.81. The summed E-state index contributed by atoms with van der Waals surface area (Å²) in [6.07, 6.45) is 4.80. The van der Waals surface area contributed by atoms with Crippen molar-refractivity contribution in [1.29, 1.82) is 0 Å². The molecule has 9 heteroatoms. The summed E-state index contributed by atoms with van der Waals surface area (Å²) in [5.74, 6) is 2.02. The van der Waals surface area contributed by atoms with Crippen molar-refractivity contribution in [2.75, 3.05) is 32.2 Å². The van der Waals surface area contributed by atoms with E-state index in [2.05, 4.69) is 19.6 Å². The van der Waals surface area contributed by atoms with E-state index < -0.39 is 10.0 Å². The van der Waals surface area contributed by atoms with Gasteiger partial charge >= 0.3 is 0 Å². The van der Waals surface area contributed by atoms with Gasteiger partial charge in [-0.3, -0.25) is 0 Å². The maximum absolute atomic E-state index is 12.3. The van der Waals surface area contributed by atoms with E-state index in [0.717, 1.165) is 48.9 Å². The van der Waals surface area contributed by atoms with E-state index in [-0.39, 0.29) is 11.3 Å². The molecule has 2 aromatic rings. The zero-order chi connectivity index (χ0) is 19.0. The lowest BCUT2D eigenvalue weighted by Gasteiger charge is -2.34. The fourth-order valence-corrected chi connectivity index (χ4v) is 5.20. The molecule has 1 atom stereocenters. The summed E-state index contributed by atoms with van der Waals surface area (Å²) in [5.41, 5.74) is 0.762. The van der Waals surface area contributed by atoms with Crippen molar-refractivity contribution in [2.45, 2.75) is 37.0 Å². The number of methoxy groups -OCH3 is 2. The summed E-state index contributed by atoms with van der Waals surface area (Å²) in [4.78, 5) is 11.0. The highest BCUT2D eigenvalue weighted by Crippen LogP contribution is 2.35. The second kappa shape index (κ2) is 7.12. The lowest BCUT2D eigenvalue weighted by Crippen LogP contribution is -2.48. The number of sulfonamides is 1. The molecular formula is C18H24N4O4S. The molecule has 27 heavy (non-hydrogen) atoms. The zero-order valence-corrected chi connectivity index (χ0v) is 16.3. The van der Waals surface area contributed by atoms with Crippen molar-refractivity contribution >= 4 is 26.7 Å². The van der Waals surface area contributed by atoms with E-state index >= 15 is 0 Å². The molecule has 2 fully saturated rings. The molecule has 1 saturated heterocycles. The highest BCUT2D eigenvalue weighted by molar-refractivity contribution is 7.90. The van der Waals surface area contributed by atoms with Crippen LogP contribution in [-0.2, 0) is 10.0 Å². The number of nitrogens with zero attached hydrogens (tertiary/aromatic N) is 3. The van der Waals surface area contributed by atoms with Crippen LogP contribution < -0.4 is 19.1 Å². The SMILES string of the molecule is COc1cc2ncnc(N3CCCC(NS(=O)(=O)C4CC4)C3)c2cc1OC. The first kappa shape index (κ1) is 18.2. The molecular weight excluding hydrogens is 368 g/mol. The van der Waals surface area contributed by atoms with Gasteiger partial charge in [0.1, 0.15) is 12.1 Å². The summed E-state index contributed by atoms with van der Waals surface area (Å²) in [7, 11) is -0.0162. The van der Waals surface area contributed by atoms with Crippen LogP contribution in [0.5, 0.6) is 11.5 Å². The fraction of sp³-hybridized carbons (Fsp3) is 0.556. The smallest absolute Gasteiger partial charge is 0.214 e. The third kappa shape index (κ3) is 3.66. The molecule has 2 heterocycles. The Morgan fingerprint density at radius 3 is 2.56 bits per heavy atom. The molecule has 146 valence electrons. The van der Waals surface area contributed by atoms with Crippen molar-refractivity contribution in [1.82, 2.24) is 14.7 Å². The molecule has 2 aliphatic rings. The fourth-order valence-electron chi connectivity index (χ4n) is 3.59. The Bertz CT molecular complexity index is 946. The van der Waals surface area contributed by atoms with Gasteiger partial charge in [0.15, 0.2) is 11.5 Å². The van der Waals surface area contributed by atoms with Gasteiger partial charge in [-0.1, -0.05) is 0 Å². The van der Waals surface area contributed by atoms with Gasteiger partial charge in [-0.2, -0.15) is 0 Å². The summed E-state index contributed by atoms with van der Waals surface area (Å²) in [6.45, 7) is 1.41. The Morgan fingerprint density at radius 2 is 1.85 bits per heavy atom. The Balaban J connectivity index is 1.63. The third-order valence-electron chi connectivity index (χ3n) is 5.13. The number of hydrogen-bond acceptors (Lipinski definition) is 7. The summed E-state index contributed by atoms with van der Waals surface area (Å²) in [5, 5.41) is 0.658. The maximum atomic E-state index is 12.3. The molecule has 0 radical (unpaired) electrons. The third-order valence-corrected chi connectivity index (χ3v) is 7.15. The van der Waals surface area contributed by atoms with Crippen LogP contribution in [0.25, 0.3) is 10.9 Å². The average Bonchev–Trinajstić information content (AvgIpc) is 3.52. The number of hydrogen-bond donors (Lipinski definition) is 1. The Hall–Kier alpha value is -2.13. The first-order chi connectivity index (χ1) is 13.0. The zero-order valence-electron chi connectivity index (χ0n) is 15.5. The number of rotatable bonds is 6. The average molecular weight is 392 g/mol. The van der Waals surface area contributed by atoms with E-state index in [1.165, 1.54) is 6.33 Å². The van der Waals surface area contributed by atoms with Crippen molar-refractivity contribution in [3.05, 3.63) is 18.5 Å². The van der Waals surface area contributed by atoms with Crippen LogP contribution in [-0.4, -0.2) is 57.0 Å². The topological polar surface area (TPSA) is 93.7 Å². The lowest BCUT2D eigenvalue weighted by molar-refractivity contribution is 0.355. The molecule has 1 aliphatic heterocycles. The van der Waals surface area contributed by atoms with Crippen LogP contribution in [0.1, 0.15) is 25.7 Å². The molecule has 0 amide bonds. The second-order valence-electron chi connectivity index (χ2n) is 7.07. The largest absolute Gasteiger partial charge is 0.493 e. The van der Waals surface area contributed by atoms with E-state index in [1.807, 2.05) is 12.1 Å². The number of piperidine rings is 1. The Morgan fingerprint density at radius 1 is 1.11 bits per heavy atom. The highest BCUT2D eigenvalue weighted by Gasteiger charge is 2.37. The summed E-state index contributed by atoms with van der Waals surface area (Å²) >= 11 is 0. The van der Waals surface area contributed by atoms with Crippen LogP contribution in [0.15, 0.2) is 18.5 Å². The van der Waals surface area contributed by atoms with Gasteiger partial charge in [0.2, 0.25) is 10.0 Å². The van der Waals surface area contributed by atoms with E-state index in [0.29, 0.717) is 18.0 Å². The van der Waals surface area contributed by atoms with Crippen molar-refractivity contribution in [3.8, 4) is 11.5 Å². The van der Waals surface area contributed by atoms with Crippen LogP contribution in [0.4, 0.5) is 5.82 Å². The molecule has 1 aromatic carbocycles. The Labute approximate surface area is 158 Å². The molecule has 1 saturated carbocycles. The standard InChI is InChI=1S/C18H24N4O4S/c1-25-16-8-14-15(9-17(16)26-2)19-11-20-18(14)22-7-3-4-12(10-22)21-27(23,24)13-5-6-13/h8-9,11-13,21H,3-7,10H2,1-2H3. The molecule has 0 bridgehead atoms. The molecule has 1 aliphatic carbocycles. The minimum absolute atomic E-state index is 0.102.